The lowest BCUT2D eigenvalue weighted by atomic mass is 10.1. The molecule has 0 fully saturated rings. The minimum Gasteiger partial charge on any atom is -0.494 e. The SMILES string of the molecule is CCCCn1cnc(-c2ccc(OCCC(C)C)cc2)c1.Cl. The van der Waals surface area contributed by atoms with Crippen LogP contribution in [0.15, 0.2) is 36.8 Å². The maximum absolute atomic E-state index is 5.74. The summed E-state index contributed by atoms with van der Waals surface area (Å²) in [7, 11) is 0. The maximum Gasteiger partial charge on any atom is 0.119 e. The van der Waals surface area contributed by atoms with E-state index >= 15 is 0 Å². The van der Waals surface area contributed by atoms with Crippen LogP contribution < -0.4 is 4.74 Å². The van der Waals surface area contributed by atoms with Crippen molar-refractivity contribution in [3.8, 4) is 17.0 Å². The van der Waals surface area contributed by atoms with Crippen LogP contribution in [0.4, 0.5) is 0 Å². The van der Waals surface area contributed by atoms with Gasteiger partial charge in [-0.3, -0.25) is 0 Å². The number of aryl methyl sites for hydroxylation is 1. The van der Waals surface area contributed by atoms with Gasteiger partial charge in [0.25, 0.3) is 0 Å². The Morgan fingerprint density at radius 1 is 1.18 bits per heavy atom. The van der Waals surface area contributed by atoms with Crippen molar-refractivity contribution in [1.29, 1.82) is 0 Å². The van der Waals surface area contributed by atoms with E-state index < -0.39 is 0 Å². The normalized spacial score (nSPS) is 10.5. The molecule has 0 N–H and O–H groups in total. The Labute approximate surface area is 140 Å². The third-order valence-corrected chi connectivity index (χ3v) is 3.52. The summed E-state index contributed by atoms with van der Waals surface area (Å²) in [4.78, 5) is 4.48. The van der Waals surface area contributed by atoms with Crippen LogP contribution in [-0.4, -0.2) is 16.2 Å². The van der Waals surface area contributed by atoms with Crippen molar-refractivity contribution >= 4 is 12.4 Å². The number of unbranched alkanes of at least 4 members (excludes halogenated alkanes) is 1. The van der Waals surface area contributed by atoms with Crippen LogP contribution in [0.1, 0.15) is 40.0 Å². The summed E-state index contributed by atoms with van der Waals surface area (Å²) in [6.45, 7) is 8.45. The molecular formula is C18H27ClN2O. The van der Waals surface area contributed by atoms with Gasteiger partial charge < -0.3 is 9.30 Å². The van der Waals surface area contributed by atoms with Crippen molar-refractivity contribution < 1.29 is 4.74 Å². The molecule has 0 radical (unpaired) electrons. The second-order valence-electron chi connectivity index (χ2n) is 5.91. The van der Waals surface area contributed by atoms with Gasteiger partial charge in [0.05, 0.1) is 18.6 Å². The third kappa shape index (κ3) is 5.72. The van der Waals surface area contributed by atoms with Crippen LogP contribution in [0.25, 0.3) is 11.3 Å². The molecular weight excluding hydrogens is 296 g/mol. The zero-order valence-electron chi connectivity index (χ0n) is 13.8. The number of hydrogen-bond donors (Lipinski definition) is 0. The number of aromatic nitrogens is 2. The molecule has 0 amide bonds. The third-order valence-electron chi connectivity index (χ3n) is 3.52. The second-order valence-corrected chi connectivity index (χ2v) is 5.91. The Morgan fingerprint density at radius 2 is 1.91 bits per heavy atom. The molecule has 0 aliphatic rings. The van der Waals surface area contributed by atoms with E-state index in [0.717, 1.165) is 36.6 Å². The van der Waals surface area contributed by atoms with E-state index in [4.69, 9.17) is 4.74 Å². The first-order chi connectivity index (χ1) is 10.2. The average molecular weight is 323 g/mol. The lowest BCUT2D eigenvalue weighted by molar-refractivity contribution is 0.289. The molecule has 1 aromatic carbocycles. The van der Waals surface area contributed by atoms with Crippen molar-refractivity contribution in [2.45, 2.75) is 46.6 Å². The fourth-order valence-corrected chi connectivity index (χ4v) is 2.11. The number of benzene rings is 1. The van der Waals surface area contributed by atoms with Gasteiger partial charge in [-0.25, -0.2) is 4.98 Å². The van der Waals surface area contributed by atoms with Crippen molar-refractivity contribution in [2.75, 3.05) is 6.61 Å². The smallest absolute Gasteiger partial charge is 0.119 e. The number of nitrogens with zero attached hydrogens (tertiary/aromatic N) is 2. The van der Waals surface area contributed by atoms with Gasteiger partial charge in [0.2, 0.25) is 0 Å². The minimum absolute atomic E-state index is 0. The summed E-state index contributed by atoms with van der Waals surface area (Å²) in [6.07, 6.45) is 7.51. The topological polar surface area (TPSA) is 27.1 Å². The zero-order chi connectivity index (χ0) is 15.1. The Bertz CT molecular complexity index is 534. The van der Waals surface area contributed by atoms with Crippen molar-refractivity contribution in [3.63, 3.8) is 0 Å². The van der Waals surface area contributed by atoms with Gasteiger partial charge in [0.15, 0.2) is 0 Å². The average Bonchev–Trinajstić information content (AvgIpc) is 2.94. The van der Waals surface area contributed by atoms with Gasteiger partial charge in [0, 0.05) is 18.3 Å². The van der Waals surface area contributed by atoms with E-state index in [-0.39, 0.29) is 12.4 Å². The molecule has 122 valence electrons. The quantitative estimate of drug-likeness (QED) is 0.668. The standard InChI is InChI=1S/C18H26N2O.ClH/c1-4-5-11-20-13-18(19-14-20)16-6-8-17(9-7-16)21-12-10-15(2)3;/h6-9,13-15H,4-5,10-12H2,1-3H3;1H. The summed E-state index contributed by atoms with van der Waals surface area (Å²) in [5.74, 6) is 1.61. The summed E-state index contributed by atoms with van der Waals surface area (Å²) in [6, 6.07) is 8.22. The fourth-order valence-electron chi connectivity index (χ4n) is 2.11. The molecule has 0 atom stereocenters. The molecule has 0 saturated carbocycles. The van der Waals surface area contributed by atoms with Crippen LogP contribution in [0.5, 0.6) is 5.75 Å². The monoisotopic (exact) mass is 322 g/mol. The first kappa shape index (κ1) is 18.6. The van der Waals surface area contributed by atoms with Crippen molar-refractivity contribution in [2.24, 2.45) is 5.92 Å². The highest BCUT2D eigenvalue weighted by Crippen LogP contribution is 2.21. The van der Waals surface area contributed by atoms with E-state index in [1.54, 1.807) is 0 Å². The maximum atomic E-state index is 5.74. The second kappa shape index (κ2) is 9.52. The summed E-state index contributed by atoms with van der Waals surface area (Å²) >= 11 is 0. The first-order valence-corrected chi connectivity index (χ1v) is 7.94. The van der Waals surface area contributed by atoms with Crippen molar-refractivity contribution in [3.05, 3.63) is 36.8 Å². The molecule has 0 aliphatic carbocycles. The van der Waals surface area contributed by atoms with Crippen molar-refractivity contribution in [1.82, 2.24) is 9.55 Å². The van der Waals surface area contributed by atoms with Crippen LogP contribution in [0.2, 0.25) is 0 Å². The molecule has 0 spiro atoms. The molecule has 2 aromatic rings. The summed E-state index contributed by atoms with van der Waals surface area (Å²) in [5, 5.41) is 0. The van der Waals surface area contributed by atoms with Gasteiger partial charge in [-0.1, -0.05) is 27.2 Å². The predicted molar refractivity (Wildman–Crippen MR) is 94.8 cm³/mol. The predicted octanol–water partition coefficient (Wildman–Crippen LogP) is 5.20. The molecule has 0 unspecified atom stereocenters. The Kier molecular flexibility index (Phi) is 8.03. The number of rotatable bonds is 8. The molecule has 1 aromatic heterocycles. The van der Waals surface area contributed by atoms with Crippen LogP contribution in [0.3, 0.4) is 0 Å². The molecule has 0 aliphatic heterocycles. The summed E-state index contributed by atoms with van der Waals surface area (Å²) in [5.41, 5.74) is 2.17. The van der Waals surface area contributed by atoms with E-state index in [1.807, 2.05) is 18.5 Å². The number of halogens is 1. The fraction of sp³-hybridized carbons (Fsp3) is 0.500. The molecule has 4 heteroatoms. The lowest BCUT2D eigenvalue weighted by Gasteiger charge is -2.08. The van der Waals surface area contributed by atoms with Gasteiger partial charge in [-0.2, -0.15) is 0 Å². The van der Waals surface area contributed by atoms with Crippen LogP contribution in [-0.2, 0) is 6.54 Å². The van der Waals surface area contributed by atoms with E-state index in [9.17, 15) is 0 Å². The van der Waals surface area contributed by atoms with E-state index in [2.05, 4.69) is 48.7 Å². The highest BCUT2D eigenvalue weighted by atomic mass is 35.5. The lowest BCUT2D eigenvalue weighted by Crippen LogP contribution is -2.01. The Morgan fingerprint density at radius 3 is 2.55 bits per heavy atom. The van der Waals surface area contributed by atoms with Gasteiger partial charge in [0.1, 0.15) is 5.75 Å². The molecule has 1 heterocycles. The van der Waals surface area contributed by atoms with E-state index in [0.29, 0.717) is 5.92 Å². The first-order valence-electron chi connectivity index (χ1n) is 7.94. The molecule has 0 bridgehead atoms. The zero-order valence-corrected chi connectivity index (χ0v) is 14.6. The Hall–Kier alpha value is -1.48. The summed E-state index contributed by atoms with van der Waals surface area (Å²) < 4.78 is 7.90. The molecule has 0 saturated heterocycles. The van der Waals surface area contributed by atoms with Crippen LogP contribution in [0, 0.1) is 5.92 Å². The van der Waals surface area contributed by atoms with Gasteiger partial charge in [-0.05, 0) is 43.0 Å². The number of hydrogen-bond acceptors (Lipinski definition) is 2. The highest BCUT2D eigenvalue weighted by molar-refractivity contribution is 5.85. The van der Waals surface area contributed by atoms with Gasteiger partial charge >= 0.3 is 0 Å². The van der Waals surface area contributed by atoms with E-state index in [1.165, 1.54) is 12.8 Å². The number of imidazole rings is 1. The van der Waals surface area contributed by atoms with Crippen LogP contribution >= 0.6 is 12.4 Å². The largest absolute Gasteiger partial charge is 0.494 e. The minimum atomic E-state index is 0. The van der Waals surface area contributed by atoms with Gasteiger partial charge in [-0.15, -0.1) is 12.4 Å². The number of ether oxygens (including phenoxy) is 1. The Balaban J connectivity index is 0.00000242. The molecule has 2 rings (SSSR count). The highest BCUT2D eigenvalue weighted by Gasteiger charge is 2.03. The molecule has 3 nitrogen and oxygen atoms in total. The molecule has 22 heavy (non-hydrogen) atoms.